The Morgan fingerprint density at radius 1 is 1.03 bits per heavy atom. The molecule has 0 aliphatic carbocycles. The second-order valence-electron chi connectivity index (χ2n) is 6.27. The van der Waals surface area contributed by atoms with Crippen molar-refractivity contribution in [3.8, 4) is 5.69 Å². The van der Waals surface area contributed by atoms with Crippen LogP contribution in [-0.4, -0.2) is 23.8 Å². The maximum atomic E-state index is 12.5. The van der Waals surface area contributed by atoms with E-state index in [0.717, 1.165) is 35.6 Å². The van der Waals surface area contributed by atoms with Gasteiger partial charge < -0.3 is 4.57 Å². The zero-order chi connectivity index (χ0) is 21.2. The van der Waals surface area contributed by atoms with Crippen LogP contribution in [0.25, 0.3) is 5.69 Å². The molecule has 2 N–H and O–H groups in total. The first-order valence-electron chi connectivity index (χ1n) is 8.51. The Morgan fingerprint density at radius 3 is 2.24 bits per heavy atom. The van der Waals surface area contributed by atoms with Crippen molar-refractivity contribution in [1.29, 1.82) is 0 Å². The van der Waals surface area contributed by atoms with Gasteiger partial charge in [-0.1, -0.05) is 18.2 Å². The molecule has 9 nitrogen and oxygen atoms in total. The normalized spacial score (nSPS) is 11.2. The number of nitro groups is 1. The van der Waals surface area contributed by atoms with Crippen LogP contribution in [0.4, 0.5) is 5.69 Å². The minimum Gasteiger partial charge on any atom is -0.318 e. The Balaban J connectivity index is 1.78. The van der Waals surface area contributed by atoms with E-state index in [4.69, 9.17) is 0 Å². The van der Waals surface area contributed by atoms with Crippen LogP contribution in [0.1, 0.15) is 21.7 Å². The van der Waals surface area contributed by atoms with E-state index in [1.165, 1.54) is 0 Å². The van der Waals surface area contributed by atoms with Gasteiger partial charge in [0.15, 0.2) is 0 Å². The second kappa shape index (κ2) is 7.86. The summed E-state index contributed by atoms with van der Waals surface area (Å²) in [5, 5.41) is 10.7. The lowest BCUT2D eigenvalue weighted by Crippen LogP contribution is -2.41. The highest BCUT2D eigenvalue weighted by molar-refractivity contribution is 7.89. The molecule has 0 radical (unpaired) electrons. The number of sulfonamides is 1. The molecule has 0 unspecified atom stereocenters. The predicted octanol–water partition coefficient (Wildman–Crippen LogP) is 2.63. The molecule has 0 saturated heterocycles. The average molecular weight is 414 g/mol. The quantitative estimate of drug-likeness (QED) is 0.474. The molecule has 0 aliphatic rings. The van der Waals surface area contributed by atoms with Gasteiger partial charge in [0.2, 0.25) is 0 Å². The lowest BCUT2D eigenvalue weighted by Gasteiger charge is -2.10. The van der Waals surface area contributed by atoms with E-state index in [0.29, 0.717) is 11.3 Å². The van der Waals surface area contributed by atoms with Crippen molar-refractivity contribution in [3.05, 3.63) is 87.7 Å². The predicted molar refractivity (Wildman–Crippen MR) is 106 cm³/mol. The number of amides is 1. The molecule has 0 aliphatic heterocycles. The van der Waals surface area contributed by atoms with Crippen molar-refractivity contribution in [3.63, 3.8) is 0 Å². The summed E-state index contributed by atoms with van der Waals surface area (Å²) in [5.74, 6) is -0.620. The second-order valence-corrected chi connectivity index (χ2v) is 7.95. The van der Waals surface area contributed by atoms with Crippen LogP contribution < -0.4 is 10.3 Å². The van der Waals surface area contributed by atoms with Gasteiger partial charge in [0.25, 0.3) is 21.6 Å². The first kappa shape index (κ1) is 20.2. The van der Waals surface area contributed by atoms with Gasteiger partial charge in [0.1, 0.15) is 0 Å². The van der Waals surface area contributed by atoms with E-state index in [2.05, 4.69) is 5.43 Å². The molecule has 1 aromatic heterocycles. The highest BCUT2D eigenvalue weighted by Crippen LogP contribution is 2.21. The maximum Gasteiger partial charge on any atom is 0.269 e. The lowest BCUT2D eigenvalue weighted by molar-refractivity contribution is -0.384. The summed E-state index contributed by atoms with van der Waals surface area (Å²) in [5.41, 5.74) is 4.62. The largest absolute Gasteiger partial charge is 0.318 e. The monoisotopic (exact) mass is 414 g/mol. The number of aryl methyl sites for hydroxylation is 1. The fourth-order valence-electron chi connectivity index (χ4n) is 2.95. The number of para-hydroxylation sites is 1. The number of non-ortho nitro benzene ring substituents is 1. The Bertz CT molecular complexity index is 1170. The molecule has 0 fully saturated rings. The number of benzene rings is 2. The van der Waals surface area contributed by atoms with E-state index in [1.54, 1.807) is 13.0 Å². The highest BCUT2D eigenvalue weighted by atomic mass is 32.2. The molecule has 0 saturated carbocycles. The number of nitrogens with one attached hydrogen (secondary N) is 2. The number of carbonyl (C=O) groups excluding carboxylic acids is 1. The van der Waals surface area contributed by atoms with Crippen molar-refractivity contribution in [1.82, 2.24) is 14.8 Å². The number of aromatic nitrogens is 1. The Morgan fingerprint density at radius 2 is 1.66 bits per heavy atom. The highest BCUT2D eigenvalue weighted by Gasteiger charge is 2.20. The summed E-state index contributed by atoms with van der Waals surface area (Å²) in [7, 11) is -4.09. The summed E-state index contributed by atoms with van der Waals surface area (Å²) < 4.78 is 26.5. The van der Waals surface area contributed by atoms with Crippen molar-refractivity contribution in [2.24, 2.45) is 0 Å². The van der Waals surface area contributed by atoms with Crippen molar-refractivity contribution >= 4 is 21.6 Å². The van der Waals surface area contributed by atoms with E-state index in [-0.39, 0.29) is 10.6 Å². The van der Waals surface area contributed by atoms with E-state index in [9.17, 15) is 23.3 Å². The van der Waals surface area contributed by atoms with Crippen LogP contribution >= 0.6 is 0 Å². The third kappa shape index (κ3) is 4.18. The molecule has 29 heavy (non-hydrogen) atoms. The fourth-order valence-corrected chi connectivity index (χ4v) is 3.79. The molecule has 150 valence electrons. The first-order chi connectivity index (χ1) is 13.7. The van der Waals surface area contributed by atoms with E-state index < -0.39 is 20.9 Å². The lowest BCUT2D eigenvalue weighted by atomic mass is 10.2. The zero-order valence-electron chi connectivity index (χ0n) is 15.6. The Kier molecular flexibility index (Phi) is 5.48. The van der Waals surface area contributed by atoms with Crippen molar-refractivity contribution in [2.45, 2.75) is 18.7 Å². The third-order valence-electron chi connectivity index (χ3n) is 4.35. The zero-order valence-corrected chi connectivity index (χ0v) is 16.4. The van der Waals surface area contributed by atoms with Gasteiger partial charge in [-0.3, -0.25) is 20.3 Å². The van der Waals surface area contributed by atoms with Crippen molar-refractivity contribution in [2.75, 3.05) is 0 Å². The molecule has 3 rings (SSSR count). The Labute approximate surface area is 167 Å². The molecule has 1 heterocycles. The van der Waals surface area contributed by atoms with E-state index >= 15 is 0 Å². The molecule has 2 aromatic carbocycles. The molecular weight excluding hydrogens is 396 g/mol. The molecule has 0 atom stereocenters. The third-order valence-corrected chi connectivity index (χ3v) is 5.61. The molecule has 0 spiro atoms. The fraction of sp³-hybridized carbons (Fsp3) is 0.105. The molecule has 10 heteroatoms. The number of hydrogen-bond donors (Lipinski definition) is 2. The summed E-state index contributed by atoms with van der Waals surface area (Å²) in [6, 6.07) is 15.4. The van der Waals surface area contributed by atoms with Crippen LogP contribution in [0, 0.1) is 24.0 Å². The standard InChI is InChI=1S/C19H18N4O5S/c1-13-12-18(14(2)22(13)15-6-4-3-5-7-15)19(24)20-21-29(27,28)17-10-8-16(9-11-17)23(25)26/h3-12,21H,1-2H3,(H,20,24). The minimum atomic E-state index is -4.09. The average Bonchev–Trinajstić information content (AvgIpc) is 3.01. The number of nitro benzene ring substituents is 1. The first-order valence-corrected chi connectivity index (χ1v) is 10.00. The molecular formula is C19H18N4O5S. The van der Waals surface area contributed by atoms with Gasteiger partial charge in [-0.2, -0.15) is 0 Å². The molecule has 3 aromatic rings. The van der Waals surface area contributed by atoms with E-state index in [1.807, 2.05) is 46.7 Å². The summed E-state index contributed by atoms with van der Waals surface area (Å²) >= 11 is 0. The van der Waals surface area contributed by atoms with Crippen LogP contribution in [0.3, 0.4) is 0 Å². The number of nitrogens with zero attached hydrogens (tertiary/aromatic N) is 2. The number of rotatable bonds is 6. The van der Waals surface area contributed by atoms with Crippen LogP contribution in [-0.2, 0) is 10.0 Å². The number of hydrazine groups is 1. The Hall–Kier alpha value is -3.50. The van der Waals surface area contributed by atoms with Crippen LogP contribution in [0.15, 0.2) is 65.6 Å². The smallest absolute Gasteiger partial charge is 0.269 e. The summed E-state index contributed by atoms with van der Waals surface area (Å²) in [4.78, 5) is 24.4. The maximum absolute atomic E-state index is 12.5. The number of carbonyl (C=O) groups is 1. The van der Waals surface area contributed by atoms with Crippen LogP contribution in [0.5, 0.6) is 0 Å². The van der Waals surface area contributed by atoms with Gasteiger partial charge >= 0.3 is 0 Å². The molecule has 1 amide bonds. The SMILES string of the molecule is Cc1cc(C(=O)NNS(=O)(=O)c2ccc([N+](=O)[O-])cc2)c(C)n1-c1ccccc1. The summed E-state index contributed by atoms with van der Waals surface area (Å²) in [6.45, 7) is 3.61. The summed E-state index contributed by atoms with van der Waals surface area (Å²) in [6.07, 6.45) is 0. The van der Waals surface area contributed by atoms with Gasteiger partial charge in [-0.05, 0) is 44.2 Å². The van der Waals surface area contributed by atoms with Crippen molar-refractivity contribution < 1.29 is 18.1 Å². The van der Waals surface area contributed by atoms with Gasteiger partial charge in [-0.15, -0.1) is 4.83 Å². The van der Waals surface area contributed by atoms with Gasteiger partial charge in [0.05, 0.1) is 15.4 Å². The molecule has 0 bridgehead atoms. The van der Waals surface area contributed by atoms with Gasteiger partial charge in [-0.25, -0.2) is 8.42 Å². The van der Waals surface area contributed by atoms with Crippen LogP contribution in [0.2, 0.25) is 0 Å². The van der Waals surface area contributed by atoms with Gasteiger partial charge in [0, 0.05) is 29.2 Å². The minimum absolute atomic E-state index is 0.210. The number of hydrogen-bond acceptors (Lipinski definition) is 5. The topological polar surface area (TPSA) is 123 Å².